The Morgan fingerprint density at radius 3 is 2.33 bits per heavy atom. The van der Waals surface area contributed by atoms with Crippen molar-refractivity contribution in [3.63, 3.8) is 0 Å². The number of pyridine rings is 1. The summed E-state index contributed by atoms with van der Waals surface area (Å²) >= 11 is 0. The smallest absolute Gasteiger partial charge is 0.275 e. The number of nitrogens with one attached hydrogen (secondary N) is 1. The third-order valence-corrected chi connectivity index (χ3v) is 5.24. The van der Waals surface area contributed by atoms with E-state index in [0.29, 0.717) is 17.6 Å². The number of aryl methyl sites for hydroxylation is 1. The Labute approximate surface area is 173 Å². The number of hydrogen-bond acceptors (Lipinski definition) is 2. The standard InChI is InChI=1S/C24H22FN3O2/c1-17-6-2-3-8-20(17)15-27-12-10-18-11-13-28(24(30)23(18)27)16-22(29)26-14-19-7-4-5-9-21(19)25/h2-13H,14-16H2,1H3,(H,26,29). The number of rotatable bonds is 6. The zero-order valence-corrected chi connectivity index (χ0v) is 16.6. The highest BCUT2D eigenvalue weighted by atomic mass is 19.1. The average Bonchev–Trinajstić information content (AvgIpc) is 3.15. The maximum atomic E-state index is 13.7. The molecule has 0 spiro atoms. The lowest BCUT2D eigenvalue weighted by atomic mass is 10.1. The normalized spacial score (nSPS) is 11.0. The second kappa shape index (κ2) is 8.37. The van der Waals surface area contributed by atoms with E-state index in [-0.39, 0.29) is 30.4 Å². The SMILES string of the molecule is Cc1ccccc1Cn1ccc2ccn(CC(=O)NCc3ccccc3F)c(=O)c21. The molecular weight excluding hydrogens is 381 g/mol. The molecule has 0 aliphatic rings. The van der Waals surface area contributed by atoms with Crippen LogP contribution in [0.2, 0.25) is 0 Å². The number of carbonyl (C=O) groups is 1. The number of fused-ring (bicyclic) bond motifs is 1. The molecule has 30 heavy (non-hydrogen) atoms. The van der Waals surface area contributed by atoms with E-state index < -0.39 is 0 Å². The summed E-state index contributed by atoms with van der Waals surface area (Å²) in [5.41, 5.74) is 3.02. The number of amides is 1. The average molecular weight is 403 g/mol. The minimum absolute atomic E-state index is 0.0756. The second-order valence-corrected chi connectivity index (χ2v) is 7.29. The molecule has 0 aliphatic heterocycles. The molecule has 5 nitrogen and oxygen atoms in total. The summed E-state index contributed by atoms with van der Waals surface area (Å²) in [7, 11) is 0. The van der Waals surface area contributed by atoms with Gasteiger partial charge in [-0.2, -0.15) is 0 Å². The molecular formula is C24H22FN3O2. The van der Waals surface area contributed by atoms with Gasteiger partial charge in [-0.3, -0.25) is 9.59 Å². The van der Waals surface area contributed by atoms with Crippen molar-refractivity contribution in [1.29, 1.82) is 0 Å². The number of nitrogens with zero attached hydrogens (tertiary/aromatic N) is 2. The van der Waals surface area contributed by atoms with Gasteiger partial charge in [0.1, 0.15) is 17.9 Å². The van der Waals surface area contributed by atoms with Crippen LogP contribution >= 0.6 is 0 Å². The summed E-state index contributed by atoms with van der Waals surface area (Å²) in [6.07, 6.45) is 3.51. The molecule has 1 N–H and O–H groups in total. The zero-order chi connectivity index (χ0) is 21.1. The first-order valence-corrected chi connectivity index (χ1v) is 9.76. The van der Waals surface area contributed by atoms with Gasteiger partial charge >= 0.3 is 0 Å². The van der Waals surface area contributed by atoms with Crippen LogP contribution in [0, 0.1) is 12.7 Å². The summed E-state index contributed by atoms with van der Waals surface area (Å²) in [6, 6.07) is 18.1. The van der Waals surface area contributed by atoms with Crippen LogP contribution in [-0.2, 0) is 24.4 Å². The van der Waals surface area contributed by atoms with Gasteiger partial charge in [0.25, 0.3) is 5.56 Å². The molecule has 4 rings (SSSR count). The lowest BCUT2D eigenvalue weighted by Crippen LogP contribution is -2.32. The Morgan fingerprint density at radius 1 is 0.933 bits per heavy atom. The van der Waals surface area contributed by atoms with Crippen molar-refractivity contribution in [1.82, 2.24) is 14.5 Å². The monoisotopic (exact) mass is 403 g/mol. The third kappa shape index (κ3) is 4.03. The summed E-state index contributed by atoms with van der Waals surface area (Å²) in [6.45, 7) is 2.57. The Hall–Kier alpha value is -3.67. The van der Waals surface area contributed by atoms with Crippen LogP contribution in [-0.4, -0.2) is 15.0 Å². The van der Waals surface area contributed by atoms with Gasteiger partial charge < -0.3 is 14.5 Å². The van der Waals surface area contributed by atoms with E-state index in [1.54, 1.807) is 24.4 Å². The van der Waals surface area contributed by atoms with Crippen LogP contribution in [0.25, 0.3) is 10.9 Å². The van der Waals surface area contributed by atoms with Crippen LogP contribution in [0.4, 0.5) is 4.39 Å². The quantitative estimate of drug-likeness (QED) is 0.535. The van der Waals surface area contributed by atoms with E-state index in [1.165, 1.54) is 10.6 Å². The van der Waals surface area contributed by atoms with E-state index in [9.17, 15) is 14.0 Å². The molecule has 2 aromatic carbocycles. The van der Waals surface area contributed by atoms with E-state index in [1.807, 2.05) is 54.1 Å². The van der Waals surface area contributed by atoms with E-state index in [0.717, 1.165) is 16.5 Å². The molecule has 2 aromatic heterocycles. The number of halogens is 1. The highest BCUT2D eigenvalue weighted by Gasteiger charge is 2.12. The number of carbonyl (C=O) groups excluding carboxylic acids is 1. The fourth-order valence-corrected chi connectivity index (χ4v) is 3.52. The molecule has 0 bridgehead atoms. The van der Waals surface area contributed by atoms with Crippen molar-refractivity contribution in [2.75, 3.05) is 0 Å². The first-order chi connectivity index (χ1) is 14.5. The summed E-state index contributed by atoms with van der Waals surface area (Å²) in [5, 5.41) is 3.50. The molecule has 2 heterocycles. The molecule has 0 saturated heterocycles. The molecule has 6 heteroatoms. The van der Waals surface area contributed by atoms with Gasteiger partial charge in [-0.1, -0.05) is 42.5 Å². The van der Waals surface area contributed by atoms with Gasteiger partial charge in [-0.15, -0.1) is 0 Å². The van der Waals surface area contributed by atoms with Gasteiger partial charge in [0.05, 0.1) is 0 Å². The van der Waals surface area contributed by atoms with Crippen molar-refractivity contribution >= 4 is 16.8 Å². The van der Waals surface area contributed by atoms with E-state index in [2.05, 4.69) is 5.32 Å². The Kier molecular flexibility index (Phi) is 5.48. The van der Waals surface area contributed by atoms with Gasteiger partial charge in [0.2, 0.25) is 5.91 Å². The van der Waals surface area contributed by atoms with Crippen LogP contribution in [0.3, 0.4) is 0 Å². The highest BCUT2D eigenvalue weighted by molar-refractivity contribution is 5.80. The molecule has 0 unspecified atom stereocenters. The maximum absolute atomic E-state index is 13.7. The molecule has 1 amide bonds. The van der Waals surface area contributed by atoms with Crippen molar-refractivity contribution in [3.05, 3.63) is 106 Å². The topological polar surface area (TPSA) is 56.0 Å². The fourth-order valence-electron chi connectivity index (χ4n) is 3.52. The molecule has 152 valence electrons. The Balaban J connectivity index is 1.54. The van der Waals surface area contributed by atoms with Gasteiger partial charge in [0, 0.05) is 36.4 Å². The van der Waals surface area contributed by atoms with Gasteiger partial charge in [-0.25, -0.2) is 4.39 Å². The van der Waals surface area contributed by atoms with Crippen LogP contribution in [0.15, 0.2) is 77.9 Å². The van der Waals surface area contributed by atoms with Gasteiger partial charge in [-0.05, 0) is 36.2 Å². The maximum Gasteiger partial charge on any atom is 0.275 e. The molecule has 4 aromatic rings. The first kappa shape index (κ1) is 19.6. The Morgan fingerprint density at radius 2 is 1.60 bits per heavy atom. The lowest BCUT2D eigenvalue weighted by Gasteiger charge is -2.11. The minimum atomic E-state index is -0.370. The van der Waals surface area contributed by atoms with Crippen molar-refractivity contribution in [2.24, 2.45) is 0 Å². The number of hydrogen-bond donors (Lipinski definition) is 1. The lowest BCUT2D eigenvalue weighted by molar-refractivity contribution is -0.121. The molecule has 0 aliphatic carbocycles. The largest absolute Gasteiger partial charge is 0.350 e. The van der Waals surface area contributed by atoms with E-state index >= 15 is 0 Å². The summed E-state index contributed by atoms with van der Waals surface area (Å²) < 4.78 is 17.0. The minimum Gasteiger partial charge on any atom is -0.350 e. The second-order valence-electron chi connectivity index (χ2n) is 7.29. The molecule has 0 saturated carbocycles. The van der Waals surface area contributed by atoms with Crippen LogP contribution in [0.5, 0.6) is 0 Å². The fraction of sp³-hybridized carbons (Fsp3) is 0.167. The highest BCUT2D eigenvalue weighted by Crippen LogP contribution is 2.16. The number of aromatic nitrogens is 2. The van der Waals surface area contributed by atoms with Crippen molar-refractivity contribution in [2.45, 2.75) is 26.6 Å². The molecule has 0 radical (unpaired) electrons. The van der Waals surface area contributed by atoms with Gasteiger partial charge in [0.15, 0.2) is 0 Å². The van der Waals surface area contributed by atoms with Crippen LogP contribution < -0.4 is 10.9 Å². The van der Waals surface area contributed by atoms with Crippen molar-refractivity contribution < 1.29 is 9.18 Å². The van der Waals surface area contributed by atoms with Crippen molar-refractivity contribution in [3.8, 4) is 0 Å². The summed E-state index contributed by atoms with van der Waals surface area (Å²) in [5.74, 6) is -0.720. The number of benzene rings is 2. The molecule has 0 atom stereocenters. The Bertz CT molecular complexity index is 1270. The predicted octanol–water partition coefficient (Wildman–Crippen LogP) is 3.62. The predicted molar refractivity (Wildman–Crippen MR) is 115 cm³/mol. The first-order valence-electron chi connectivity index (χ1n) is 9.76. The van der Waals surface area contributed by atoms with E-state index in [4.69, 9.17) is 0 Å². The molecule has 0 fully saturated rings. The summed E-state index contributed by atoms with van der Waals surface area (Å²) in [4.78, 5) is 25.4. The third-order valence-electron chi connectivity index (χ3n) is 5.24. The van der Waals surface area contributed by atoms with Crippen LogP contribution in [0.1, 0.15) is 16.7 Å². The zero-order valence-electron chi connectivity index (χ0n) is 16.6.